The molecule has 0 bridgehead atoms. The van der Waals surface area contributed by atoms with Gasteiger partial charge in [0.25, 0.3) is 5.91 Å². The third-order valence-electron chi connectivity index (χ3n) is 3.82. The zero-order chi connectivity index (χ0) is 18.2. The Morgan fingerprint density at radius 2 is 1.80 bits per heavy atom. The van der Waals surface area contributed by atoms with Gasteiger partial charge in [-0.2, -0.15) is 5.26 Å². The Kier molecular flexibility index (Phi) is 6.30. The summed E-state index contributed by atoms with van der Waals surface area (Å²) in [6.07, 6.45) is 1.49. The third kappa shape index (κ3) is 4.67. The van der Waals surface area contributed by atoms with Crippen molar-refractivity contribution >= 4 is 23.4 Å². The summed E-state index contributed by atoms with van der Waals surface area (Å²) < 4.78 is 13.6. The smallest absolute Gasteiger partial charge is 0.266 e. The highest BCUT2D eigenvalue weighted by Crippen LogP contribution is 2.18. The fraction of sp³-hybridized carbons (Fsp3) is 0.200. The normalized spacial score (nSPS) is 10.9. The molecule has 0 radical (unpaired) electrons. The van der Waals surface area contributed by atoms with Crippen molar-refractivity contribution in [2.24, 2.45) is 0 Å². The standard InChI is InChI=1S/C20H20FN3O/c1-3-24(4-2)17-11-9-15(10-12-17)13-16(14-22)20(25)23-19-8-6-5-7-18(19)21/h5-13H,3-4H2,1-2H3,(H,23,25). The summed E-state index contributed by atoms with van der Waals surface area (Å²) in [4.78, 5) is 14.4. The fourth-order valence-corrected chi connectivity index (χ4v) is 2.44. The van der Waals surface area contributed by atoms with E-state index in [1.165, 1.54) is 24.3 Å². The number of hydrogen-bond acceptors (Lipinski definition) is 3. The predicted molar refractivity (Wildman–Crippen MR) is 98.6 cm³/mol. The van der Waals surface area contributed by atoms with Crippen LogP contribution in [0, 0.1) is 17.1 Å². The first-order valence-corrected chi connectivity index (χ1v) is 8.11. The first kappa shape index (κ1) is 18.2. The van der Waals surface area contributed by atoms with Crippen molar-refractivity contribution in [3.8, 4) is 6.07 Å². The SMILES string of the molecule is CCN(CC)c1ccc(C=C(C#N)C(=O)Nc2ccccc2F)cc1. The first-order valence-electron chi connectivity index (χ1n) is 8.11. The van der Waals surface area contributed by atoms with Crippen LogP contribution in [0.3, 0.4) is 0 Å². The number of carbonyl (C=O) groups is 1. The lowest BCUT2D eigenvalue weighted by atomic mass is 10.1. The molecule has 0 aliphatic carbocycles. The van der Waals surface area contributed by atoms with Crippen LogP contribution in [-0.2, 0) is 4.79 Å². The Bertz CT molecular complexity index is 802. The van der Waals surface area contributed by atoms with E-state index in [-0.39, 0.29) is 11.3 Å². The van der Waals surface area contributed by atoms with Gasteiger partial charge in [-0.1, -0.05) is 24.3 Å². The van der Waals surface area contributed by atoms with E-state index in [0.29, 0.717) is 0 Å². The van der Waals surface area contributed by atoms with Gasteiger partial charge in [0.1, 0.15) is 17.5 Å². The molecule has 5 heteroatoms. The summed E-state index contributed by atoms with van der Waals surface area (Å²) in [6, 6.07) is 15.3. The van der Waals surface area contributed by atoms with Gasteiger partial charge in [-0.3, -0.25) is 4.79 Å². The van der Waals surface area contributed by atoms with E-state index < -0.39 is 11.7 Å². The number of para-hydroxylation sites is 1. The number of nitriles is 1. The number of anilines is 2. The van der Waals surface area contributed by atoms with Gasteiger partial charge >= 0.3 is 0 Å². The van der Waals surface area contributed by atoms with Gasteiger partial charge < -0.3 is 10.2 Å². The van der Waals surface area contributed by atoms with E-state index in [1.54, 1.807) is 6.07 Å². The zero-order valence-corrected chi connectivity index (χ0v) is 14.3. The number of nitrogens with one attached hydrogen (secondary N) is 1. The van der Waals surface area contributed by atoms with E-state index in [9.17, 15) is 14.4 Å². The van der Waals surface area contributed by atoms with Crippen LogP contribution < -0.4 is 10.2 Å². The minimum atomic E-state index is -0.639. The van der Waals surface area contributed by atoms with Crippen LogP contribution in [0.15, 0.2) is 54.1 Å². The summed E-state index contributed by atoms with van der Waals surface area (Å²) in [7, 11) is 0. The van der Waals surface area contributed by atoms with Crippen LogP contribution in [0.2, 0.25) is 0 Å². The molecule has 1 N–H and O–H groups in total. The number of halogens is 1. The molecule has 0 unspecified atom stereocenters. The Balaban J connectivity index is 2.18. The molecule has 0 saturated carbocycles. The number of benzene rings is 2. The van der Waals surface area contributed by atoms with Crippen LogP contribution >= 0.6 is 0 Å². The highest BCUT2D eigenvalue weighted by Gasteiger charge is 2.12. The minimum absolute atomic E-state index is 0.0468. The number of carbonyl (C=O) groups excluding carboxylic acids is 1. The molecule has 0 spiro atoms. The lowest BCUT2D eigenvalue weighted by Gasteiger charge is -2.20. The summed E-state index contributed by atoms with van der Waals surface area (Å²) in [5, 5.41) is 11.7. The maximum atomic E-state index is 13.6. The summed E-state index contributed by atoms with van der Waals surface area (Å²) in [5.41, 5.74) is 1.77. The van der Waals surface area contributed by atoms with Crippen molar-refractivity contribution in [2.75, 3.05) is 23.3 Å². The Morgan fingerprint density at radius 3 is 2.36 bits per heavy atom. The summed E-state index contributed by atoms with van der Waals surface area (Å²) in [6.45, 7) is 5.97. The molecule has 2 rings (SSSR count). The van der Waals surface area contributed by atoms with Crippen molar-refractivity contribution in [3.63, 3.8) is 0 Å². The Morgan fingerprint density at radius 1 is 1.16 bits per heavy atom. The van der Waals surface area contributed by atoms with Gasteiger partial charge in [-0.05, 0) is 49.8 Å². The number of nitrogens with zero attached hydrogens (tertiary/aromatic N) is 2. The fourth-order valence-electron chi connectivity index (χ4n) is 2.44. The van der Waals surface area contributed by atoms with Gasteiger partial charge in [-0.25, -0.2) is 4.39 Å². The second kappa shape index (κ2) is 8.65. The van der Waals surface area contributed by atoms with Crippen molar-refractivity contribution in [3.05, 3.63) is 65.5 Å². The van der Waals surface area contributed by atoms with Gasteiger partial charge in [0.05, 0.1) is 5.69 Å². The third-order valence-corrected chi connectivity index (χ3v) is 3.82. The highest BCUT2D eigenvalue weighted by molar-refractivity contribution is 6.09. The highest BCUT2D eigenvalue weighted by atomic mass is 19.1. The molecular formula is C20H20FN3O. The van der Waals surface area contributed by atoms with Gasteiger partial charge in [0.2, 0.25) is 0 Å². The van der Waals surface area contributed by atoms with Crippen LogP contribution in [0.25, 0.3) is 6.08 Å². The predicted octanol–water partition coefficient (Wildman–Crippen LogP) is 4.22. The Labute approximate surface area is 147 Å². The molecule has 0 heterocycles. The quantitative estimate of drug-likeness (QED) is 0.634. The molecule has 4 nitrogen and oxygen atoms in total. The number of amides is 1. The molecule has 25 heavy (non-hydrogen) atoms. The summed E-state index contributed by atoms with van der Waals surface area (Å²) in [5.74, 6) is -1.18. The molecule has 128 valence electrons. The molecule has 0 atom stereocenters. The molecular weight excluding hydrogens is 317 g/mol. The van der Waals surface area contributed by atoms with Crippen LogP contribution in [0.1, 0.15) is 19.4 Å². The zero-order valence-electron chi connectivity index (χ0n) is 14.3. The van der Waals surface area contributed by atoms with Gasteiger partial charge in [-0.15, -0.1) is 0 Å². The van der Waals surface area contributed by atoms with E-state index in [0.717, 1.165) is 24.3 Å². The molecule has 0 aromatic heterocycles. The van der Waals surface area contributed by atoms with Gasteiger partial charge in [0.15, 0.2) is 0 Å². The first-order chi connectivity index (χ1) is 12.1. The lowest BCUT2D eigenvalue weighted by molar-refractivity contribution is -0.112. The van der Waals surface area contributed by atoms with Crippen molar-refractivity contribution in [2.45, 2.75) is 13.8 Å². The average molecular weight is 337 g/mol. The van der Waals surface area contributed by atoms with E-state index in [4.69, 9.17) is 0 Å². The minimum Gasteiger partial charge on any atom is -0.372 e. The number of rotatable bonds is 6. The molecule has 0 aliphatic rings. The number of hydrogen-bond donors (Lipinski definition) is 1. The van der Waals surface area contributed by atoms with E-state index >= 15 is 0 Å². The second-order valence-electron chi connectivity index (χ2n) is 5.37. The molecule has 0 fully saturated rings. The van der Waals surface area contributed by atoms with Crippen molar-refractivity contribution < 1.29 is 9.18 Å². The van der Waals surface area contributed by atoms with Crippen molar-refractivity contribution in [1.29, 1.82) is 5.26 Å². The molecule has 0 aliphatic heterocycles. The van der Waals surface area contributed by atoms with Crippen LogP contribution in [-0.4, -0.2) is 19.0 Å². The Hall–Kier alpha value is -3.13. The molecule has 2 aromatic carbocycles. The lowest BCUT2D eigenvalue weighted by Crippen LogP contribution is -2.21. The largest absolute Gasteiger partial charge is 0.372 e. The molecule has 1 amide bonds. The summed E-state index contributed by atoms with van der Waals surface area (Å²) >= 11 is 0. The maximum Gasteiger partial charge on any atom is 0.266 e. The van der Waals surface area contributed by atoms with Crippen molar-refractivity contribution in [1.82, 2.24) is 0 Å². The monoisotopic (exact) mass is 337 g/mol. The molecule has 0 saturated heterocycles. The molecule has 2 aromatic rings. The van der Waals surface area contributed by atoms with E-state index in [1.807, 2.05) is 30.3 Å². The van der Waals surface area contributed by atoms with Crippen LogP contribution in [0.4, 0.5) is 15.8 Å². The van der Waals surface area contributed by atoms with E-state index in [2.05, 4.69) is 24.1 Å². The van der Waals surface area contributed by atoms with Gasteiger partial charge in [0, 0.05) is 18.8 Å². The average Bonchev–Trinajstić information content (AvgIpc) is 2.63. The maximum absolute atomic E-state index is 13.6. The topological polar surface area (TPSA) is 56.1 Å². The van der Waals surface area contributed by atoms with Crippen LogP contribution in [0.5, 0.6) is 0 Å². The second-order valence-corrected chi connectivity index (χ2v) is 5.37.